The van der Waals surface area contributed by atoms with E-state index in [-0.39, 0.29) is 23.4 Å². The Bertz CT molecular complexity index is 1130. The maximum Gasteiger partial charge on any atom is 0.295 e. The number of hydrogen-bond acceptors (Lipinski definition) is 8. The summed E-state index contributed by atoms with van der Waals surface area (Å²) in [5, 5.41) is 11.2. The van der Waals surface area contributed by atoms with Crippen LogP contribution in [0.5, 0.6) is 17.2 Å². The molecule has 1 amide bonds. The first kappa shape index (κ1) is 25.5. The number of rotatable bonds is 8. The molecular weight excluding hydrogens is 471 g/mol. The van der Waals surface area contributed by atoms with Crippen molar-refractivity contribution in [3.8, 4) is 17.2 Å². The van der Waals surface area contributed by atoms with E-state index in [1.54, 1.807) is 12.1 Å². The number of amides is 1. The molecular formula is C26H29FN2O7. The number of hydrogen-bond donors (Lipinski definition) is 1. The van der Waals surface area contributed by atoms with Crippen LogP contribution in [0.3, 0.4) is 0 Å². The third-order valence-corrected chi connectivity index (χ3v) is 6.42. The number of morpholine rings is 1. The van der Waals surface area contributed by atoms with Gasteiger partial charge in [-0.3, -0.25) is 14.5 Å². The second-order valence-electron chi connectivity index (χ2n) is 8.41. The third-order valence-electron chi connectivity index (χ3n) is 6.42. The smallest absolute Gasteiger partial charge is 0.295 e. The maximum atomic E-state index is 13.5. The van der Waals surface area contributed by atoms with E-state index in [4.69, 9.17) is 18.9 Å². The highest BCUT2D eigenvalue weighted by molar-refractivity contribution is 6.46. The highest BCUT2D eigenvalue weighted by Gasteiger charge is 2.46. The van der Waals surface area contributed by atoms with Gasteiger partial charge in [0.25, 0.3) is 11.7 Å². The Morgan fingerprint density at radius 3 is 2.17 bits per heavy atom. The van der Waals surface area contributed by atoms with Crippen LogP contribution in [0.15, 0.2) is 42.0 Å². The van der Waals surface area contributed by atoms with Gasteiger partial charge in [0.15, 0.2) is 11.5 Å². The van der Waals surface area contributed by atoms with Crippen LogP contribution >= 0.6 is 0 Å². The van der Waals surface area contributed by atoms with Crippen LogP contribution < -0.4 is 14.2 Å². The van der Waals surface area contributed by atoms with Crippen molar-refractivity contribution in [3.63, 3.8) is 0 Å². The van der Waals surface area contributed by atoms with Gasteiger partial charge in [0, 0.05) is 31.7 Å². The normalized spacial score (nSPS) is 20.0. The first-order chi connectivity index (χ1) is 17.4. The minimum absolute atomic E-state index is 0.0946. The molecule has 0 aliphatic carbocycles. The van der Waals surface area contributed by atoms with E-state index in [0.29, 0.717) is 55.7 Å². The fourth-order valence-electron chi connectivity index (χ4n) is 4.55. The van der Waals surface area contributed by atoms with Crippen molar-refractivity contribution < 1.29 is 38.0 Å². The average Bonchev–Trinajstić information content (AvgIpc) is 3.16. The first-order valence-electron chi connectivity index (χ1n) is 11.5. The summed E-state index contributed by atoms with van der Waals surface area (Å²) >= 11 is 0. The number of likely N-dealkylation sites (tertiary alicyclic amines) is 1. The van der Waals surface area contributed by atoms with Gasteiger partial charge in [-0.2, -0.15) is 0 Å². The molecule has 0 bridgehead atoms. The van der Waals surface area contributed by atoms with Crippen LogP contribution in [0.25, 0.3) is 5.76 Å². The molecule has 0 saturated carbocycles. The number of benzene rings is 2. The number of nitrogens with zero attached hydrogens (tertiary/aromatic N) is 2. The lowest BCUT2D eigenvalue weighted by Gasteiger charge is -2.31. The summed E-state index contributed by atoms with van der Waals surface area (Å²) in [5.74, 6) is -1.39. The molecule has 0 spiro atoms. The van der Waals surface area contributed by atoms with Crippen molar-refractivity contribution in [3.05, 3.63) is 58.9 Å². The first-order valence-corrected chi connectivity index (χ1v) is 11.5. The molecule has 0 unspecified atom stereocenters. The van der Waals surface area contributed by atoms with Crippen LogP contribution in [0.2, 0.25) is 0 Å². The minimum atomic E-state index is -0.926. The lowest BCUT2D eigenvalue weighted by molar-refractivity contribution is -0.140. The van der Waals surface area contributed by atoms with Gasteiger partial charge in [0.2, 0.25) is 5.75 Å². The van der Waals surface area contributed by atoms with Crippen molar-refractivity contribution in [2.24, 2.45) is 0 Å². The zero-order valence-corrected chi connectivity index (χ0v) is 20.5. The van der Waals surface area contributed by atoms with Gasteiger partial charge >= 0.3 is 0 Å². The SMILES string of the molecule is COc1cc([C@H]2C(=C(O)c3ccc(F)cc3)C(=O)C(=O)N2CCN2CCOCC2)cc(OC)c1OC. The predicted molar refractivity (Wildman–Crippen MR) is 129 cm³/mol. The number of aliphatic hydroxyl groups excluding tert-OH is 1. The molecule has 0 radical (unpaired) electrons. The highest BCUT2D eigenvalue weighted by Crippen LogP contribution is 2.45. The molecule has 2 aromatic carbocycles. The molecule has 2 fully saturated rings. The van der Waals surface area contributed by atoms with E-state index >= 15 is 0 Å². The summed E-state index contributed by atoms with van der Waals surface area (Å²) in [7, 11) is 4.41. The molecule has 10 heteroatoms. The Kier molecular flexibility index (Phi) is 7.76. The van der Waals surface area contributed by atoms with Crippen LogP contribution in [0.1, 0.15) is 17.2 Å². The van der Waals surface area contributed by atoms with Crippen LogP contribution in [0.4, 0.5) is 4.39 Å². The molecule has 2 saturated heterocycles. The number of ketones is 1. The van der Waals surface area contributed by atoms with Gasteiger partial charge in [0.1, 0.15) is 11.6 Å². The quantitative estimate of drug-likeness (QED) is 0.336. The number of carbonyl (C=O) groups is 2. The van der Waals surface area contributed by atoms with Crippen LogP contribution in [0, 0.1) is 5.82 Å². The minimum Gasteiger partial charge on any atom is -0.507 e. The second-order valence-corrected chi connectivity index (χ2v) is 8.41. The van der Waals surface area contributed by atoms with Gasteiger partial charge in [0.05, 0.1) is 46.2 Å². The van der Waals surface area contributed by atoms with E-state index in [1.165, 1.54) is 50.5 Å². The maximum absolute atomic E-state index is 13.5. The van der Waals surface area contributed by atoms with Gasteiger partial charge in [-0.05, 0) is 42.0 Å². The Balaban J connectivity index is 1.83. The number of halogens is 1. The van der Waals surface area contributed by atoms with Gasteiger partial charge in [-0.15, -0.1) is 0 Å². The molecule has 2 aromatic rings. The number of carbonyl (C=O) groups excluding carboxylic acids is 2. The monoisotopic (exact) mass is 500 g/mol. The summed E-state index contributed by atoms with van der Waals surface area (Å²) in [6, 6.07) is 7.45. The van der Waals surface area contributed by atoms with Gasteiger partial charge in [-0.1, -0.05) is 0 Å². The van der Waals surface area contributed by atoms with E-state index in [1.807, 2.05) is 0 Å². The standard InChI is InChI=1S/C26H29FN2O7/c1-33-19-14-17(15-20(34-2)25(19)35-3)22-21(23(30)16-4-6-18(27)7-5-16)24(31)26(32)29(22)9-8-28-10-12-36-13-11-28/h4-7,14-15,22,30H,8-13H2,1-3H3/t22-/m0/s1. The predicted octanol–water partition coefficient (Wildman–Crippen LogP) is 2.61. The molecule has 192 valence electrons. The molecule has 1 N–H and O–H groups in total. The summed E-state index contributed by atoms with van der Waals surface area (Å²) in [6.07, 6.45) is 0. The van der Waals surface area contributed by atoms with Crippen molar-refractivity contribution in [2.75, 3.05) is 60.7 Å². The van der Waals surface area contributed by atoms with Crippen LogP contribution in [-0.2, 0) is 14.3 Å². The fourth-order valence-corrected chi connectivity index (χ4v) is 4.55. The van der Waals surface area contributed by atoms with Crippen molar-refractivity contribution >= 4 is 17.4 Å². The summed E-state index contributed by atoms with van der Waals surface area (Å²) in [6.45, 7) is 3.39. The van der Waals surface area contributed by atoms with Gasteiger partial charge in [-0.25, -0.2) is 4.39 Å². The zero-order chi connectivity index (χ0) is 25.8. The molecule has 0 aromatic heterocycles. The molecule has 2 aliphatic rings. The van der Waals surface area contributed by atoms with E-state index < -0.39 is 23.5 Å². The Hall–Kier alpha value is -3.63. The molecule has 4 rings (SSSR count). The zero-order valence-electron chi connectivity index (χ0n) is 20.5. The Morgan fingerprint density at radius 2 is 1.61 bits per heavy atom. The van der Waals surface area contributed by atoms with Crippen molar-refractivity contribution in [1.29, 1.82) is 0 Å². The molecule has 9 nitrogen and oxygen atoms in total. The molecule has 2 heterocycles. The highest BCUT2D eigenvalue weighted by atomic mass is 19.1. The molecule has 1 atom stereocenters. The third kappa shape index (κ3) is 4.87. The number of aliphatic hydroxyl groups is 1. The summed E-state index contributed by atoms with van der Waals surface area (Å²) in [5.41, 5.74) is 0.622. The molecule has 2 aliphatic heterocycles. The summed E-state index contributed by atoms with van der Waals surface area (Å²) in [4.78, 5) is 30.1. The van der Waals surface area contributed by atoms with Crippen molar-refractivity contribution in [2.45, 2.75) is 6.04 Å². The number of Topliss-reactive ketones (excluding diaryl/α,β-unsaturated/α-hetero) is 1. The van der Waals surface area contributed by atoms with Gasteiger partial charge < -0.3 is 29.0 Å². The number of ether oxygens (including phenoxy) is 4. The summed E-state index contributed by atoms with van der Waals surface area (Å²) < 4.78 is 35.3. The van der Waals surface area contributed by atoms with E-state index in [2.05, 4.69) is 4.90 Å². The van der Waals surface area contributed by atoms with Crippen LogP contribution in [-0.4, -0.2) is 87.3 Å². The largest absolute Gasteiger partial charge is 0.507 e. The average molecular weight is 501 g/mol. The molecule has 36 heavy (non-hydrogen) atoms. The van der Waals surface area contributed by atoms with Crippen molar-refractivity contribution in [1.82, 2.24) is 9.80 Å². The number of methoxy groups -OCH3 is 3. The topological polar surface area (TPSA) is 97.8 Å². The fraction of sp³-hybridized carbons (Fsp3) is 0.385. The van der Waals surface area contributed by atoms with E-state index in [0.717, 1.165) is 0 Å². The second kappa shape index (κ2) is 11.0. The van der Waals surface area contributed by atoms with E-state index in [9.17, 15) is 19.1 Å². The lowest BCUT2D eigenvalue weighted by Crippen LogP contribution is -2.42. The Labute approximate surface area is 208 Å². The lowest BCUT2D eigenvalue weighted by atomic mass is 9.94. The Morgan fingerprint density at radius 1 is 1.00 bits per heavy atom.